The molecule has 4 heterocycles. The summed E-state index contributed by atoms with van der Waals surface area (Å²) in [6, 6.07) is 12.9. The van der Waals surface area contributed by atoms with Gasteiger partial charge in [-0.15, -0.1) is 0 Å². The van der Waals surface area contributed by atoms with Crippen molar-refractivity contribution >= 4 is 48.7 Å². The summed E-state index contributed by atoms with van der Waals surface area (Å²) in [5.74, 6) is -2.82. The van der Waals surface area contributed by atoms with E-state index in [0.29, 0.717) is 23.1 Å². The first-order chi connectivity index (χ1) is 42.1. The first kappa shape index (κ1) is 64.6. The maximum Gasteiger partial charge on any atom is 0.311 e. The predicted octanol–water partition coefficient (Wildman–Crippen LogP) is 15.2. The molecule has 0 saturated heterocycles. The smallest absolute Gasteiger partial charge is 0.311 e. The molecule has 16 heteroatoms. The molecule has 2 saturated carbocycles. The van der Waals surface area contributed by atoms with Crippen molar-refractivity contribution in [1.82, 2.24) is 0 Å². The van der Waals surface area contributed by atoms with E-state index in [-0.39, 0.29) is 150 Å². The van der Waals surface area contributed by atoms with Crippen LogP contribution in [0, 0.1) is 32.5 Å². The van der Waals surface area contributed by atoms with Crippen LogP contribution in [-0.2, 0) is 40.8 Å². The van der Waals surface area contributed by atoms with Crippen LogP contribution in [0.25, 0.3) is 0 Å². The van der Waals surface area contributed by atoms with Gasteiger partial charge in [0.25, 0.3) is 0 Å². The van der Waals surface area contributed by atoms with Crippen LogP contribution in [-0.4, -0.2) is 81.2 Å². The fourth-order valence-corrected chi connectivity index (χ4v) is 19.3. The molecule has 89 heavy (non-hydrogen) atoms. The molecule has 4 unspecified atom stereocenters. The zero-order valence-corrected chi connectivity index (χ0v) is 53.9. The van der Waals surface area contributed by atoms with Gasteiger partial charge in [-0.05, 0) is 129 Å². The molecular weight excluding hydrogens is 1120 g/mol. The minimum Gasteiger partial charge on any atom is -0.507 e. The second-order valence-electron chi connectivity index (χ2n) is 28.8. The summed E-state index contributed by atoms with van der Waals surface area (Å²) in [4.78, 5) is 70.3. The quantitative estimate of drug-likeness (QED) is 0.0519. The van der Waals surface area contributed by atoms with Gasteiger partial charge in [-0.3, -0.25) is 29.2 Å². The summed E-state index contributed by atoms with van der Waals surface area (Å²) >= 11 is 0. The number of nitrogens with one attached hydrogen (secondary N) is 2. The Hall–Kier alpha value is -7.36. The van der Waals surface area contributed by atoms with Gasteiger partial charge in [0.1, 0.15) is 46.0 Å². The van der Waals surface area contributed by atoms with Crippen molar-refractivity contribution < 1.29 is 58.6 Å². The lowest BCUT2D eigenvalue weighted by Crippen LogP contribution is -2.79. The van der Waals surface area contributed by atoms with Crippen molar-refractivity contribution in [2.24, 2.45) is 31.6 Å². The third-order valence-electron chi connectivity index (χ3n) is 23.2. The molecule has 4 aromatic carbocycles. The summed E-state index contributed by atoms with van der Waals surface area (Å²) in [5.41, 5.74) is -10.7. The molecule has 4 aliphatic heterocycles. The molecule has 6 N–H and O–H groups in total. The van der Waals surface area contributed by atoms with E-state index >= 15 is 9.59 Å². The average Bonchev–Trinajstić information content (AvgIpc) is 0.821. The molecule has 2 aliphatic carbocycles. The molecule has 0 aromatic heterocycles. The van der Waals surface area contributed by atoms with E-state index in [1.165, 1.54) is 12.1 Å². The van der Waals surface area contributed by atoms with E-state index in [9.17, 15) is 30.0 Å². The van der Waals surface area contributed by atoms with Gasteiger partial charge >= 0.3 is 23.9 Å². The highest BCUT2D eigenvalue weighted by Gasteiger charge is 2.81. The molecule has 2 fully saturated rings. The highest BCUT2D eigenvalue weighted by atomic mass is 16.5. The molecule has 4 aromatic rings. The number of fused-ring (bicyclic) bond motifs is 12. The van der Waals surface area contributed by atoms with E-state index in [1.807, 2.05) is 41.5 Å². The Bertz CT molecular complexity index is 3540. The third-order valence-corrected chi connectivity index (χ3v) is 23.2. The van der Waals surface area contributed by atoms with Gasteiger partial charge in [0, 0.05) is 134 Å². The third kappa shape index (κ3) is 10.6. The summed E-state index contributed by atoms with van der Waals surface area (Å²) < 4.78 is 25.5. The second-order valence-corrected chi connectivity index (χ2v) is 28.8. The van der Waals surface area contributed by atoms with Crippen LogP contribution in [0.5, 0.6) is 46.0 Å². The number of hydrogen-bond donors (Lipinski definition) is 6. The van der Waals surface area contributed by atoms with E-state index in [1.54, 1.807) is 48.8 Å². The van der Waals surface area contributed by atoms with Crippen molar-refractivity contribution in [2.45, 2.75) is 238 Å². The molecule has 0 amide bonds. The van der Waals surface area contributed by atoms with Crippen LogP contribution in [0.2, 0.25) is 0 Å². The van der Waals surface area contributed by atoms with Crippen LogP contribution in [0.3, 0.4) is 0 Å². The zero-order chi connectivity index (χ0) is 64.3. The Morgan fingerprint density at radius 2 is 0.764 bits per heavy atom. The number of nitrogens with zero attached hydrogens (tertiary/aromatic N) is 2. The summed E-state index contributed by atoms with van der Waals surface area (Å²) in [7, 11) is 0. The number of carbonyl (C=O) groups excluding carboxylic acids is 4. The number of carbonyl (C=O) groups is 4. The molecule has 4 atom stereocenters. The minimum atomic E-state index is -1.80. The second kappa shape index (κ2) is 24.1. The molecule has 6 aliphatic rings. The Morgan fingerprint density at radius 3 is 1.09 bits per heavy atom. The number of aromatic hydroxyl groups is 4. The number of aliphatic imine (C=N–C) groups is 2. The highest BCUT2D eigenvalue weighted by Crippen LogP contribution is 2.84. The van der Waals surface area contributed by atoms with E-state index < -0.39 is 67.2 Å². The Labute approximate surface area is 524 Å². The number of phenols is 4. The maximum atomic E-state index is 15.3. The molecule has 10 rings (SSSR count). The van der Waals surface area contributed by atoms with Crippen molar-refractivity contribution in [3.05, 3.63) is 93.0 Å². The Balaban J connectivity index is 1.54. The van der Waals surface area contributed by atoms with Crippen molar-refractivity contribution in [3.63, 3.8) is 0 Å². The fraction of sp³-hybridized carbons (Fsp3) is 0.562. The first-order valence-electron chi connectivity index (χ1n) is 32.5. The number of rotatable bonds is 9. The number of phenolic OH excluding ortho intramolecular Hbond substituents is 4. The van der Waals surface area contributed by atoms with Crippen LogP contribution >= 0.6 is 0 Å². The lowest BCUT2D eigenvalue weighted by Gasteiger charge is -2.80. The van der Waals surface area contributed by atoms with E-state index in [2.05, 4.69) is 27.7 Å². The van der Waals surface area contributed by atoms with Crippen LogP contribution in [0.1, 0.15) is 249 Å². The SMILES string of the molecule is CCC12CCC(=O)Oc3cc(C=N)c(O)c(c3)C(C)(C)C(C34C(CC)(CCC(=O)Oc5cc(C=N)c(O)c(c5)C3(C)C)CCC(=O)Oc3cc(/C=N/C5CCCCC5)c(O)c(c3)C4(C)C)(C1)C(C)(C)c1cc(cc(/C=N/C3CCCCC3)c1O)OC(=O)CC2. The standard InChI is InChI=1S/C73H92N4O12/c1-11-70-27-23-58(78)86-50-31-44(39-74)62(82)54(35-50)66(3,4)72(43-70,67(5,6)55-36-52(88-59(79)24-28-70)33-46(64(55)84)41-76-48-19-15-13-16-20-48)73-68(7,8)56-37-51(32-45(40-75)63(56)83)87-60(80)25-29-71(73,12-2)30-26-61(81)89-53-34-47(42-77-49-21-17-14-18-22-49)65(85)57(38-53)69(73,9)10/h31-42,48-49,74-75,82-85H,11-30,43H2,1-10H3/b74-39?,75-40?,76-41+,77-42+. The van der Waals surface area contributed by atoms with Gasteiger partial charge in [0.2, 0.25) is 0 Å². The maximum absolute atomic E-state index is 15.3. The van der Waals surface area contributed by atoms with E-state index in [4.69, 9.17) is 39.8 Å². The molecule has 0 spiro atoms. The van der Waals surface area contributed by atoms with Crippen molar-refractivity contribution in [1.29, 1.82) is 10.8 Å². The Kier molecular flexibility index (Phi) is 17.5. The van der Waals surface area contributed by atoms with Crippen LogP contribution in [0.15, 0.2) is 58.5 Å². The monoisotopic (exact) mass is 1220 g/mol. The number of hydrogen-bond acceptors (Lipinski definition) is 16. The van der Waals surface area contributed by atoms with Gasteiger partial charge in [0.15, 0.2) is 0 Å². The first-order valence-corrected chi connectivity index (χ1v) is 32.5. The van der Waals surface area contributed by atoms with Crippen LogP contribution < -0.4 is 18.9 Å². The minimum absolute atomic E-state index is 0.0146. The molecular formula is C73H92N4O12. The van der Waals surface area contributed by atoms with Gasteiger partial charge in [-0.2, -0.15) is 0 Å². The predicted molar refractivity (Wildman–Crippen MR) is 344 cm³/mol. The largest absolute Gasteiger partial charge is 0.507 e. The van der Waals surface area contributed by atoms with Gasteiger partial charge in [-0.1, -0.05) is 114 Å². The number of esters is 4. The zero-order valence-electron chi connectivity index (χ0n) is 53.9. The lowest BCUT2D eigenvalue weighted by atomic mass is 9.22. The topological polar surface area (TPSA) is 259 Å². The Morgan fingerprint density at radius 1 is 0.449 bits per heavy atom. The van der Waals surface area contributed by atoms with Gasteiger partial charge in [-0.25, -0.2) is 0 Å². The van der Waals surface area contributed by atoms with Gasteiger partial charge in [0.05, 0.1) is 0 Å². The van der Waals surface area contributed by atoms with E-state index in [0.717, 1.165) is 76.6 Å². The highest BCUT2D eigenvalue weighted by molar-refractivity contribution is 5.89. The number of benzene rings is 4. The summed E-state index contributed by atoms with van der Waals surface area (Å²) in [6.45, 7) is 20.5. The number of ether oxygens (including phenoxy) is 4. The molecule has 16 nitrogen and oxygen atoms in total. The average molecular weight is 1220 g/mol. The molecule has 0 radical (unpaired) electrons. The fourth-order valence-electron chi connectivity index (χ4n) is 19.3. The molecule has 476 valence electrons. The van der Waals surface area contributed by atoms with Gasteiger partial charge < -0.3 is 50.2 Å². The summed E-state index contributed by atoms with van der Waals surface area (Å²) in [6.07, 6.45) is 15.2. The normalized spacial score (nSPS) is 27.3. The molecule has 10 bridgehead atoms. The van der Waals surface area contributed by atoms with Crippen molar-refractivity contribution in [2.75, 3.05) is 0 Å². The van der Waals surface area contributed by atoms with Crippen molar-refractivity contribution in [3.8, 4) is 46.0 Å². The lowest BCUT2D eigenvalue weighted by molar-refractivity contribution is -0.263. The summed E-state index contributed by atoms with van der Waals surface area (Å²) in [5, 5.41) is 72.5. The van der Waals surface area contributed by atoms with Crippen LogP contribution in [0.4, 0.5) is 0 Å².